The highest BCUT2D eigenvalue weighted by molar-refractivity contribution is 5.95. The number of likely N-dealkylation sites (N-methyl/N-ethyl adjacent to an activating group) is 1. The minimum absolute atomic E-state index is 0.0261. The van der Waals surface area contributed by atoms with Gasteiger partial charge in [-0.3, -0.25) is 4.90 Å². The maximum absolute atomic E-state index is 14.1. The first kappa shape index (κ1) is 22.1. The average Bonchev–Trinajstić information content (AvgIpc) is 2.78. The van der Waals surface area contributed by atoms with Gasteiger partial charge >= 0.3 is 12.0 Å². The number of halogens is 1. The van der Waals surface area contributed by atoms with E-state index in [1.54, 1.807) is 50.2 Å². The normalized spacial score (nSPS) is 16.1. The third-order valence-corrected chi connectivity index (χ3v) is 4.88. The van der Waals surface area contributed by atoms with E-state index in [1.165, 1.54) is 24.1 Å². The fourth-order valence-electron chi connectivity index (χ4n) is 3.42. The van der Waals surface area contributed by atoms with Crippen LogP contribution in [-0.2, 0) is 9.53 Å². The lowest BCUT2D eigenvalue weighted by atomic mass is 9.94. The van der Waals surface area contributed by atoms with Crippen LogP contribution < -0.4 is 14.8 Å². The second kappa shape index (κ2) is 9.97. The van der Waals surface area contributed by atoms with Gasteiger partial charge in [-0.2, -0.15) is 0 Å². The molecule has 1 aliphatic heterocycles. The summed E-state index contributed by atoms with van der Waals surface area (Å²) in [5.74, 6) is -0.510. The van der Waals surface area contributed by atoms with Gasteiger partial charge in [0, 0.05) is 6.54 Å². The summed E-state index contributed by atoms with van der Waals surface area (Å²) in [5, 5.41) is 2.86. The molecule has 31 heavy (non-hydrogen) atoms. The van der Waals surface area contributed by atoms with E-state index in [1.807, 2.05) is 0 Å². The molecule has 0 saturated carbocycles. The molecular formula is C23H25FN2O5. The van der Waals surface area contributed by atoms with Crippen molar-refractivity contribution in [2.45, 2.75) is 19.9 Å². The van der Waals surface area contributed by atoms with Crippen molar-refractivity contribution in [1.82, 2.24) is 10.2 Å². The number of hydrogen-bond acceptors (Lipinski definition) is 5. The first-order valence-corrected chi connectivity index (χ1v) is 9.99. The Morgan fingerprint density at radius 3 is 2.61 bits per heavy atom. The predicted octanol–water partition coefficient (Wildman–Crippen LogP) is 3.82. The molecule has 3 rings (SSSR count). The lowest BCUT2D eigenvalue weighted by Crippen LogP contribution is -2.49. The number of benzene rings is 2. The topological polar surface area (TPSA) is 77.1 Å². The molecule has 0 bridgehead atoms. The number of carbonyl (C=O) groups excluding carboxylic acids is 2. The number of methoxy groups -OCH3 is 1. The summed E-state index contributed by atoms with van der Waals surface area (Å²) in [6.07, 6.45) is 0. The lowest BCUT2D eigenvalue weighted by molar-refractivity contribution is -0.139. The van der Waals surface area contributed by atoms with Crippen LogP contribution in [0.5, 0.6) is 11.5 Å². The summed E-state index contributed by atoms with van der Waals surface area (Å²) < 4.78 is 30.3. The van der Waals surface area contributed by atoms with Crippen LogP contribution in [0.25, 0.3) is 0 Å². The zero-order chi connectivity index (χ0) is 22.4. The van der Waals surface area contributed by atoms with Crippen LogP contribution in [0.15, 0.2) is 59.8 Å². The van der Waals surface area contributed by atoms with Gasteiger partial charge in [-0.25, -0.2) is 14.0 Å². The molecule has 0 fully saturated rings. The van der Waals surface area contributed by atoms with Crippen LogP contribution >= 0.6 is 0 Å². The maximum atomic E-state index is 14.1. The first-order valence-electron chi connectivity index (χ1n) is 9.99. The highest BCUT2D eigenvalue weighted by Crippen LogP contribution is 2.33. The number of para-hydroxylation sites is 1. The molecule has 0 aliphatic carbocycles. The number of nitrogens with one attached hydrogen (secondary N) is 1. The van der Waals surface area contributed by atoms with Crippen molar-refractivity contribution in [3.8, 4) is 11.5 Å². The molecule has 2 aromatic rings. The van der Waals surface area contributed by atoms with Gasteiger partial charge < -0.3 is 19.5 Å². The Morgan fingerprint density at radius 2 is 1.94 bits per heavy atom. The fraction of sp³-hybridized carbons (Fsp3) is 0.304. The summed E-state index contributed by atoms with van der Waals surface area (Å²) in [7, 11) is 1.53. The molecule has 1 N–H and O–H groups in total. The number of esters is 1. The average molecular weight is 428 g/mol. The molecule has 2 aromatic carbocycles. The number of hydrogen-bond donors (Lipinski definition) is 1. The molecule has 1 aliphatic rings. The quantitative estimate of drug-likeness (QED) is 0.647. The van der Waals surface area contributed by atoms with E-state index in [4.69, 9.17) is 14.2 Å². The number of amides is 2. The highest BCUT2D eigenvalue weighted by Gasteiger charge is 2.38. The Kier molecular flexibility index (Phi) is 7.12. The number of ether oxygens (including phenoxy) is 3. The molecule has 1 atom stereocenters. The van der Waals surface area contributed by atoms with E-state index < -0.39 is 23.9 Å². The van der Waals surface area contributed by atoms with E-state index in [0.29, 0.717) is 17.0 Å². The molecule has 0 spiro atoms. The zero-order valence-electron chi connectivity index (χ0n) is 17.7. The molecule has 0 saturated heterocycles. The molecule has 0 aromatic heterocycles. The van der Waals surface area contributed by atoms with Crippen molar-refractivity contribution in [2.24, 2.45) is 0 Å². The van der Waals surface area contributed by atoms with Crippen LogP contribution in [0.1, 0.15) is 25.5 Å². The Bertz CT molecular complexity index is 991. The summed E-state index contributed by atoms with van der Waals surface area (Å²) in [6.45, 7) is 3.74. The Labute approximate surface area is 180 Å². The van der Waals surface area contributed by atoms with Crippen molar-refractivity contribution in [2.75, 3.05) is 26.9 Å². The number of rotatable bonds is 8. The van der Waals surface area contributed by atoms with Crippen LogP contribution in [0.4, 0.5) is 9.18 Å². The van der Waals surface area contributed by atoms with Gasteiger partial charge in [0.1, 0.15) is 12.4 Å². The van der Waals surface area contributed by atoms with Gasteiger partial charge in [0.05, 0.1) is 31.0 Å². The van der Waals surface area contributed by atoms with Gasteiger partial charge in [0.2, 0.25) is 0 Å². The zero-order valence-corrected chi connectivity index (χ0v) is 17.7. The van der Waals surface area contributed by atoms with Crippen molar-refractivity contribution in [3.63, 3.8) is 0 Å². The standard InChI is InChI=1S/C23H25FN2O5/c1-4-26-18(14-31-19-12-7-6-11-17(19)24)20(22(27)30-5-2)21(25-23(26)28)15-9-8-10-16(13-15)29-3/h6-13,21H,4-5,14H2,1-3H3,(H,25,28)/t21-/m1/s1. The minimum Gasteiger partial charge on any atom is -0.497 e. The molecule has 164 valence electrons. The SMILES string of the molecule is CCOC(=O)C1=C(COc2ccccc2F)N(CC)C(=O)N[C@@H]1c1cccc(OC)c1. The lowest BCUT2D eigenvalue weighted by Gasteiger charge is -2.36. The summed E-state index contributed by atoms with van der Waals surface area (Å²) in [5.41, 5.74) is 1.20. The molecule has 7 nitrogen and oxygen atoms in total. The van der Waals surface area contributed by atoms with E-state index in [9.17, 15) is 14.0 Å². The van der Waals surface area contributed by atoms with Crippen molar-refractivity contribution < 1.29 is 28.2 Å². The van der Waals surface area contributed by atoms with Crippen molar-refractivity contribution in [1.29, 1.82) is 0 Å². The number of nitrogens with zero attached hydrogens (tertiary/aromatic N) is 1. The van der Waals surface area contributed by atoms with Crippen LogP contribution in [0, 0.1) is 5.82 Å². The molecule has 1 heterocycles. The highest BCUT2D eigenvalue weighted by atomic mass is 19.1. The van der Waals surface area contributed by atoms with Gasteiger partial charge in [0.25, 0.3) is 0 Å². The van der Waals surface area contributed by atoms with Gasteiger partial charge in [0.15, 0.2) is 11.6 Å². The third kappa shape index (κ3) is 4.79. The Hall–Kier alpha value is -3.55. The minimum atomic E-state index is -0.774. The number of carbonyl (C=O) groups is 2. The monoisotopic (exact) mass is 428 g/mol. The van der Waals surface area contributed by atoms with E-state index >= 15 is 0 Å². The molecule has 0 unspecified atom stereocenters. The predicted molar refractivity (Wildman–Crippen MR) is 112 cm³/mol. The van der Waals surface area contributed by atoms with Gasteiger partial charge in [-0.15, -0.1) is 0 Å². The smallest absolute Gasteiger partial charge is 0.338 e. The third-order valence-electron chi connectivity index (χ3n) is 4.88. The van der Waals surface area contributed by atoms with Gasteiger partial charge in [-0.05, 0) is 43.7 Å². The molecule has 0 radical (unpaired) electrons. The van der Waals surface area contributed by atoms with Crippen molar-refractivity contribution in [3.05, 3.63) is 71.2 Å². The summed E-state index contributed by atoms with van der Waals surface area (Å²) >= 11 is 0. The van der Waals surface area contributed by atoms with Crippen LogP contribution in [0.3, 0.4) is 0 Å². The van der Waals surface area contributed by atoms with Gasteiger partial charge in [-0.1, -0.05) is 24.3 Å². The van der Waals surface area contributed by atoms with Crippen molar-refractivity contribution >= 4 is 12.0 Å². The van der Waals surface area contributed by atoms with Crippen LogP contribution in [0.2, 0.25) is 0 Å². The van der Waals surface area contributed by atoms with Crippen LogP contribution in [-0.4, -0.2) is 43.8 Å². The van der Waals surface area contributed by atoms with E-state index in [2.05, 4.69) is 5.32 Å². The summed E-state index contributed by atoms with van der Waals surface area (Å²) in [4.78, 5) is 27.2. The number of urea groups is 1. The Morgan fingerprint density at radius 1 is 1.16 bits per heavy atom. The molecular weight excluding hydrogens is 403 g/mol. The Balaban J connectivity index is 2.09. The maximum Gasteiger partial charge on any atom is 0.338 e. The first-order chi connectivity index (χ1) is 15.0. The fourth-order valence-corrected chi connectivity index (χ4v) is 3.42. The second-order valence-electron chi connectivity index (χ2n) is 6.70. The molecule has 8 heteroatoms. The van der Waals surface area contributed by atoms with E-state index in [0.717, 1.165) is 0 Å². The second-order valence-corrected chi connectivity index (χ2v) is 6.70. The van der Waals surface area contributed by atoms with E-state index in [-0.39, 0.29) is 31.1 Å². The molecule has 2 amide bonds. The largest absolute Gasteiger partial charge is 0.497 e. The summed E-state index contributed by atoms with van der Waals surface area (Å²) in [6, 6.07) is 11.8.